The Hall–Kier alpha value is -4.27. The zero-order chi connectivity index (χ0) is 26.1. The number of nitriles is 1. The number of ether oxygens (including phenoxy) is 1. The van der Waals surface area contributed by atoms with E-state index in [1.807, 2.05) is 0 Å². The van der Waals surface area contributed by atoms with Gasteiger partial charge in [-0.05, 0) is 41.5 Å². The standard InChI is InChI=1S/C24H17F5N4O3/c25-23(26)10-16(11-30)33(13-23)21(34)12-32-22(35)18-7-8-31-20-6-3-15(9-19(18)20)14-1-4-17(5-2-14)36-24(27,28)29/h1-9,16H,10,12-13H2,(H,32,35)/t16-/m0/s1. The van der Waals surface area contributed by atoms with Gasteiger partial charge in [0.05, 0.1) is 30.2 Å². The van der Waals surface area contributed by atoms with Crippen molar-refractivity contribution in [1.82, 2.24) is 15.2 Å². The van der Waals surface area contributed by atoms with Crippen molar-refractivity contribution < 1.29 is 36.3 Å². The number of alkyl halides is 5. The van der Waals surface area contributed by atoms with Crippen LogP contribution in [0, 0.1) is 11.3 Å². The van der Waals surface area contributed by atoms with Crippen LogP contribution >= 0.6 is 0 Å². The minimum Gasteiger partial charge on any atom is -0.406 e. The molecule has 0 aliphatic carbocycles. The van der Waals surface area contributed by atoms with Crippen LogP contribution in [0.5, 0.6) is 5.75 Å². The molecule has 2 aromatic carbocycles. The maximum atomic E-state index is 13.6. The Morgan fingerprint density at radius 2 is 1.83 bits per heavy atom. The average molecular weight is 504 g/mol. The summed E-state index contributed by atoms with van der Waals surface area (Å²) in [6, 6.07) is 11.9. The predicted octanol–water partition coefficient (Wildman–Crippen LogP) is 4.29. The molecular formula is C24H17F5N4O3. The Balaban J connectivity index is 1.52. The first-order chi connectivity index (χ1) is 17.0. The number of fused-ring (bicyclic) bond motifs is 1. The van der Waals surface area contributed by atoms with E-state index >= 15 is 0 Å². The second-order valence-corrected chi connectivity index (χ2v) is 8.07. The number of likely N-dealkylation sites (tertiary alicyclic amines) is 1. The van der Waals surface area contributed by atoms with Crippen molar-refractivity contribution in [3.05, 3.63) is 60.3 Å². The first-order valence-corrected chi connectivity index (χ1v) is 10.6. The van der Waals surface area contributed by atoms with E-state index in [4.69, 9.17) is 5.26 Å². The molecule has 186 valence electrons. The van der Waals surface area contributed by atoms with Crippen LogP contribution in [-0.2, 0) is 4.79 Å². The summed E-state index contributed by atoms with van der Waals surface area (Å²) < 4.78 is 68.3. The zero-order valence-electron chi connectivity index (χ0n) is 18.4. The molecule has 0 unspecified atom stereocenters. The first-order valence-electron chi connectivity index (χ1n) is 10.6. The summed E-state index contributed by atoms with van der Waals surface area (Å²) in [4.78, 5) is 30.2. The summed E-state index contributed by atoms with van der Waals surface area (Å²) in [5.41, 5.74) is 1.72. The van der Waals surface area contributed by atoms with Crippen LogP contribution in [0.2, 0.25) is 0 Å². The number of nitrogens with zero attached hydrogens (tertiary/aromatic N) is 3. The molecule has 3 aromatic rings. The number of rotatable bonds is 5. The van der Waals surface area contributed by atoms with Crippen LogP contribution in [0.15, 0.2) is 54.7 Å². The van der Waals surface area contributed by atoms with Crippen LogP contribution in [0.4, 0.5) is 22.0 Å². The van der Waals surface area contributed by atoms with Gasteiger partial charge < -0.3 is 15.0 Å². The first kappa shape index (κ1) is 24.8. The quantitative estimate of drug-likeness (QED) is 0.523. The fraction of sp³-hybridized carbons (Fsp3) is 0.250. The second kappa shape index (κ2) is 9.41. The van der Waals surface area contributed by atoms with Gasteiger partial charge in [0.2, 0.25) is 5.91 Å². The summed E-state index contributed by atoms with van der Waals surface area (Å²) in [6.07, 6.45) is -4.19. The molecule has 0 spiro atoms. The van der Waals surface area contributed by atoms with Gasteiger partial charge in [-0.3, -0.25) is 14.6 Å². The molecule has 4 rings (SSSR count). The molecule has 1 saturated heterocycles. The zero-order valence-corrected chi connectivity index (χ0v) is 18.4. The van der Waals surface area contributed by atoms with Gasteiger partial charge in [0.1, 0.15) is 11.8 Å². The molecule has 1 aliphatic rings. The summed E-state index contributed by atoms with van der Waals surface area (Å²) in [5, 5.41) is 11.8. The summed E-state index contributed by atoms with van der Waals surface area (Å²) in [7, 11) is 0. The maximum absolute atomic E-state index is 13.6. The Morgan fingerprint density at radius 3 is 2.50 bits per heavy atom. The van der Waals surface area contributed by atoms with Gasteiger partial charge in [0.25, 0.3) is 11.8 Å². The van der Waals surface area contributed by atoms with Crippen molar-refractivity contribution in [1.29, 1.82) is 5.26 Å². The number of halogens is 5. The Kier molecular flexibility index (Phi) is 6.49. The van der Waals surface area contributed by atoms with Crippen LogP contribution in [-0.4, -0.2) is 53.1 Å². The van der Waals surface area contributed by atoms with E-state index in [1.165, 1.54) is 24.4 Å². The van der Waals surface area contributed by atoms with Crippen molar-refractivity contribution in [2.24, 2.45) is 0 Å². The predicted molar refractivity (Wildman–Crippen MR) is 117 cm³/mol. The molecule has 1 aliphatic heterocycles. The molecule has 12 heteroatoms. The highest BCUT2D eigenvalue weighted by Gasteiger charge is 2.47. The Labute approximate surface area is 201 Å². The highest BCUT2D eigenvalue weighted by atomic mass is 19.4. The van der Waals surface area contributed by atoms with Gasteiger partial charge in [-0.15, -0.1) is 13.2 Å². The number of carbonyl (C=O) groups excluding carboxylic acids is 2. The third-order valence-electron chi connectivity index (χ3n) is 5.55. The molecule has 2 amide bonds. The number of hydrogen-bond donors (Lipinski definition) is 1. The van der Waals surface area contributed by atoms with Crippen LogP contribution < -0.4 is 10.1 Å². The molecule has 0 saturated carbocycles. The minimum atomic E-state index is -4.81. The van der Waals surface area contributed by atoms with E-state index in [9.17, 15) is 31.5 Å². The monoisotopic (exact) mass is 504 g/mol. The van der Waals surface area contributed by atoms with E-state index in [-0.39, 0.29) is 11.3 Å². The van der Waals surface area contributed by atoms with Crippen LogP contribution in [0.3, 0.4) is 0 Å². The topological polar surface area (TPSA) is 95.3 Å². The Morgan fingerprint density at radius 1 is 1.14 bits per heavy atom. The average Bonchev–Trinajstić information content (AvgIpc) is 3.15. The summed E-state index contributed by atoms with van der Waals surface area (Å²) >= 11 is 0. The molecule has 1 fully saturated rings. The normalized spacial score (nSPS) is 17.0. The molecule has 2 heterocycles. The lowest BCUT2D eigenvalue weighted by Gasteiger charge is -2.19. The van der Waals surface area contributed by atoms with Gasteiger partial charge in [0.15, 0.2) is 0 Å². The highest BCUT2D eigenvalue weighted by Crippen LogP contribution is 2.32. The summed E-state index contributed by atoms with van der Waals surface area (Å²) in [6.45, 7) is -1.48. The SMILES string of the molecule is N#C[C@@H]1CC(F)(F)CN1C(=O)CNC(=O)c1ccnc2ccc(-c3ccc(OC(F)(F)F)cc3)cc12. The Bertz CT molecular complexity index is 1350. The molecule has 1 N–H and O–H groups in total. The smallest absolute Gasteiger partial charge is 0.406 e. The molecule has 1 atom stereocenters. The molecule has 0 bridgehead atoms. The van der Waals surface area contributed by atoms with Gasteiger partial charge in [-0.1, -0.05) is 18.2 Å². The van der Waals surface area contributed by atoms with E-state index < -0.39 is 49.7 Å². The molecular weight excluding hydrogens is 487 g/mol. The number of amides is 2. The number of carbonyl (C=O) groups is 2. The van der Waals surface area contributed by atoms with Gasteiger partial charge in [-0.2, -0.15) is 5.26 Å². The van der Waals surface area contributed by atoms with E-state index in [0.717, 1.165) is 17.0 Å². The van der Waals surface area contributed by atoms with Gasteiger partial charge in [0, 0.05) is 18.0 Å². The number of nitrogens with one attached hydrogen (secondary N) is 1. The van der Waals surface area contributed by atoms with Crippen molar-refractivity contribution in [2.75, 3.05) is 13.1 Å². The number of hydrogen-bond acceptors (Lipinski definition) is 5. The lowest BCUT2D eigenvalue weighted by atomic mass is 10.0. The maximum Gasteiger partial charge on any atom is 0.573 e. The third kappa shape index (κ3) is 5.51. The van der Waals surface area contributed by atoms with Gasteiger partial charge in [-0.25, -0.2) is 8.78 Å². The van der Waals surface area contributed by atoms with Gasteiger partial charge >= 0.3 is 6.36 Å². The van der Waals surface area contributed by atoms with E-state index in [2.05, 4.69) is 15.0 Å². The van der Waals surface area contributed by atoms with Crippen LogP contribution in [0.25, 0.3) is 22.0 Å². The van der Waals surface area contributed by atoms with E-state index in [0.29, 0.717) is 22.0 Å². The fourth-order valence-electron chi connectivity index (χ4n) is 3.92. The number of aromatic nitrogens is 1. The number of benzene rings is 2. The number of pyridine rings is 1. The lowest BCUT2D eigenvalue weighted by Crippen LogP contribution is -2.43. The highest BCUT2D eigenvalue weighted by molar-refractivity contribution is 6.07. The largest absolute Gasteiger partial charge is 0.573 e. The van der Waals surface area contributed by atoms with E-state index in [1.54, 1.807) is 24.3 Å². The minimum absolute atomic E-state index is 0.148. The fourth-order valence-corrected chi connectivity index (χ4v) is 3.92. The molecule has 1 aromatic heterocycles. The second-order valence-electron chi connectivity index (χ2n) is 8.07. The molecule has 36 heavy (non-hydrogen) atoms. The molecule has 0 radical (unpaired) electrons. The third-order valence-corrected chi connectivity index (χ3v) is 5.55. The van der Waals surface area contributed by atoms with Crippen molar-refractivity contribution in [3.8, 4) is 22.9 Å². The van der Waals surface area contributed by atoms with Crippen molar-refractivity contribution in [3.63, 3.8) is 0 Å². The lowest BCUT2D eigenvalue weighted by molar-refractivity contribution is -0.274. The van der Waals surface area contributed by atoms with Crippen LogP contribution in [0.1, 0.15) is 16.8 Å². The molecule has 7 nitrogen and oxygen atoms in total. The summed E-state index contributed by atoms with van der Waals surface area (Å²) in [5.74, 6) is -5.03. The van der Waals surface area contributed by atoms with Crippen molar-refractivity contribution in [2.45, 2.75) is 24.7 Å². The van der Waals surface area contributed by atoms with Crippen molar-refractivity contribution >= 4 is 22.7 Å².